The van der Waals surface area contributed by atoms with Crippen molar-refractivity contribution in [2.75, 3.05) is 13.2 Å². The molecule has 16 heavy (non-hydrogen) atoms. The van der Waals surface area contributed by atoms with Crippen LogP contribution < -0.4 is 0 Å². The van der Waals surface area contributed by atoms with Gasteiger partial charge in [-0.05, 0) is 6.92 Å². The van der Waals surface area contributed by atoms with Gasteiger partial charge in [0.1, 0.15) is 0 Å². The fourth-order valence-electron chi connectivity index (χ4n) is 1.03. The minimum Gasteiger partial charge on any atom is -0.445 e. The molecule has 90 valence electrons. The number of ether oxygens (including phenoxy) is 1. The van der Waals surface area contributed by atoms with Gasteiger partial charge in [-0.15, -0.1) is 23.4 Å². The number of aryl methyl sites for hydroxylation is 1. The van der Waals surface area contributed by atoms with Crippen LogP contribution in [0.25, 0.3) is 0 Å². The summed E-state index contributed by atoms with van der Waals surface area (Å²) in [6.07, 6.45) is 0.592. The Bertz CT molecular complexity index is 364. The highest BCUT2D eigenvalue weighted by Crippen LogP contribution is 2.18. The quantitative estimate of drug-likeness (QED) is 0.572. The molecule has 0 saturated heterocycles. The van der Waals surface area contributed by atoms with Crippen LogP contribution in [0.15, 0.2) is 17.6 Å². The molecule has 0 radical (unpaired) electrons. The number of hydrogen-bond donors (Lipinski definition) is 0. The Kier molecular flexibility index (Phi) is 4.55. The molecular formula is C9H12BF3NOS-. The predicted molar refractivity (Wildman–Crippen MR) is 59.6 cm³/mol. The molecule has 0 aliphatic rings. The number of halogens is 3. The zero-order valence-electron chi connectivity index (χ0n) is 8.88. The van der Waals surface area contributed by atoms with E-state index in [-0.39, 0.29) is 6.61 Å². The molecule has 0 fully saturated rings. The van der Waals surface area contributed by atoms with Gasteiger partial charge in [0, 0.05) is 17.9 Å². The van der Waals surface area contributed by atoms with Crippen molar-refractivity contribution in [1.82, 2.24) is 4.98 Å². The largest absolute Gasteiger partial charge is 0.507 e. The van der Waals surface area contributed by atoms with Crippen molar-refractivity contribution in [2.45, 2.75) is 13.3 Å². The number of aromatic nitrogens is 1. The molecule has 2 nitrogen and oxygen atoms in total. The summed E-state index contributed by atoms with van der Waals surface area (Å²) in [5, 5.41) is 0. The highest BCUT2D eigenvalue weighted by atomic mass is 32.1. The Balaban J connectivity index is 2.23. The first-order valence-electron chi connectivity index (χ1n) is 4.75. The van der Waals surface area contributed by atoms with Crippen LogP contribution in [0.1, 0.15) is 10.6 Å². The molecule has 0 aliphatic carbocycles. The number of thiazole rings is 1. The lowest BCUT2D eigenvalue weighted by Gasteiger charge is -2.17. The lowest BCUT2D eigenvalue weighted by Crippen LogP contribution is -2.22. The highest BCUT2D eigenvalue weighted by Gasteiger charge is 2.26. The van der Waals surface area contributed by atoms with Crippen LogP contribution in [-0.4, -0.2) is 25.2 Å². The van der Waals surface area contributed by atoms with Gasteiger partial charge in [0.05, 0.1) is 17.8 Å². The number of nitrogens with zero attached hydrogens (tertiary/aromatic N) is 1. The van der Waals surface area contributed by atoms with Gasteiger partial charge < -0.3 is 17.7 Å². The smallest absolute Gasteiger partial charge is 0.445 e. The van der Waals surface area contributed by atoms with Gasteiger partial charge in [-0.3, -0.25) is 0 Å². The van der Waals surface area contributed by atoms with E-state index in [1.807, 2.05) is 6.92 Å². The maximum absolute atomic E-state index is 12.1. The minimum atomic E-state index is -4.97. The van der Waals surface area contributed by atoms with Crippen LogP contribution >= 0.6 is 11.3 Å². The Morgan fingerprint density at radius 2 is 2.25 bits per heavy atom. The van der Waals surface area contributed by atoms with E-state index in [4.69, 9.17) is 4.74 Å². The third-order valence-electron chi connectivity index (χ3n) is 2.07. The first-order chi connectivity index (χ1) is 7.41. The molecule has 0 N–H and O–H groups in total. The summed E-state index contributed by atoms with van der Waals surface area (Å²) < 4.78 is 41.2. The molecular weight excluding hydrogens is 238 g/mol. The lowest BCUT2D eigenvalue weighted by atomic mass is 9.81. The van der Waals surface area contributed by atoms with Crippen LogP contribution in [0.4, 0.5) is 12.9 Å². The van der Waals surface area contributed by atoms with Crippen molar-refractivity contribution in [3.05, 3.63) is 28.1 Å². The maximum Gasteiger partial charge on any atom is 0.507 e. The summed E-state index contributed by atoms with van der Waals surface area (Å²) in [4.78, 5) is 5.08. The van der Waals surface area contributed by atoms with Gasteiger partial charge in [-0.2, -0.15) is 0 Å². The van der Waals surface area contributed by atoms with E-state index in [2.05, 4.69) is 11.6 Å². The Morgan fingerprint density at radius 1 is 1.56 bits per heavy atom. The van der Waals surface area contributed by atoms with Crippen molar-refractivity contribution in [3.8, 4) is 0 Å². The van der Waals surface area contributed by atoms with Gasteiger partial charge in [0.15, 0.2) is 0 Å². The molecule has 1 aromatic heterocycles. The molecule has 0 aliphatic heterocycles. The molecule has 0 aromatic carbocycles. The predicted octanol–water partition coefficient (Wildman–Crippen LogP) is 2.95. The fourth-order valence-corrected chi connectivity index (χ4v) is 1.79. The molecule has 0 atom stereocenters. The summed E-state index contributed by atoms with van der Waals surface area (Å²) in [5.74, 6) is 0. The summed E-state index contributed by atoms with van der Waals surface area (Å²) in [6, 6.07) is 0. The van der Waals surface area contributed by atoms with Gasteiger partial charge in [-0.1, -0.05) is 0 Å². The van der Waals surface area contributed by atoms with Gasteiger partial charge in [0.2, 0.25) is 0 Å². The molecule has 0 saturated carbocycles. The highest BCUT2D eigenvalue weighted by molar-refractivity contribution is 7.09. The maximum atomic E-state index is 12.1. The van der Waals surface area contributed by atoms with Gasteiger partial charge >= 0.3 is 6.98 Å². The Labute approximate surface area is 96.2 Å². The van der Waals surface area contributed by atoms with E-state index in [0.29, 0.717) is 6.42 Å². The minimum absolute atomic E-state index is 0.258. The fraction of sp³-hybridized carbons (Fsp3) is 0.444. The van der Waals surface area contributed by atoms with E-state index >= 15 is 0 Å². The first kappa shape index (κ1) is 13.3. The van der Waals surface area contributed by atoms with E-state index < -0.39 is 19.1 Å². The molecule has 1 heterocycles. The number of rotatable bonds is 6. The summed E-state index contributed by atoms with van der Waals surface area (Å²) in [6.45, 7) is -0.345. The Morgan fingerprint density at radius 3 is 2.75 bits per heavy atom. The molecule has 1 rings (SSSR count). The number of hydrogen-bond acceptors (Lipinski definition) is 3. The van der Waals surface area contributed by atoms with Gasteiger partial charge in [-0.25, -0.2) is 4.98 Å². The molecule has 7 heteroatoms. The van der Waals surface area contributed by atoms with Crippen LogP contribution in [0.2, 0.25) is 0 Å². The van der Waals surface area contributed by atoms with E-state index in [0.717, 1.165) is 10.6 Å². The molecule has 0 amide bonds. The zero-order chi connectivity index (χ0) is 12.2. The summed E-state index contributed by atoms with van der Waals surface area (Å²) >= 11 is 1.48. The lowest BCUT2D eigenvalue weighted by molar-refractivity contribution is 0.160. The molecule has 0 spiro atoms. The van der Waals surface area contributed by atoms with E-state index in [1.165, 1.54) is 11.3 Å². The molecule has 1 aromatic rings. The van der Waals surface area contributed by atoms with E-state index in [1.54, 1.807) is 5.51 Å². The zero-order valence-corrected chi connectivity index (χ0v) is 9.70. The second-order valence-electron chi connectivity index (χ2n) is 3.40. The molecule has 0 unspecified atom stereocenters. The third kappa shape index (κ3) is 3.98. The van der Waals surface area contributed by atoms with Crippen LogP contribution in [0.5, 0.6) is 0 Å². The second-order valence-corrected chi connectivity index (χ2v) is 4.34. The third-order valence-corrected chi connectivity index (χ3v) is 3.06. The SMILES string of the molecule is C=C(COCCc1scnc1C)[B-](F)(F)F. The van der Waals surface area contributed by atoms with Crippen molar-refractivity contribution in [3.63, 3.8) is 0 Å². The van der Waals surface area contributed by atoms with Crippen LogP contribution in [-0.2, 0) is 11.2 Å². The van der Waals surface area contributed by atoms with Crippen molar-refractivity contribution in [1.29, 1.82) is 0 Å². The standard InChI is InChI=1S/C9H12BF3NOS/c1-7(10(11,12)13)5-15-4-3-9-8(2)14-6-16-9/h6H,1,3-5H2,2H3/q-1. The van der Waals surface area contributed by atoms with Crippen molar-refractivity contribution < 1.29 is 17.7 Å². The second kappa shape index (κ2) is 5.49. The summed E-state index contributed by atoms with van der Waals surface area (Å²) in [7, 11) is 0. The van der Waals surface area contributed by atoms with Gasteiger partial charge in [0.25, 0.3) is 0 Å². The van der Waals surface area contributed by atoms with E-state index in [9.17, 15) is 12.9 Å². The topological polar surface area (TPSA) is 22.1 Å². The Hall–Kier alpha value is -0.815. The monoisotopic (exact) mass is 250 g/mol. The van der Waals surface area contributed by atoms with Crippen LogP contribution in [0.3, 0.4) is 0 Å². The van der Waals surface area contributed by atoms with Crippen molar-refractivity contribution in [2.24, 2.45) is 0 Å². The average Bonchev–Trinajstić information content (AvgIpc) is 2.57. The normalized spacial score (nSPS) is 11.8. The van der Waals surface area contributed by atoms with Crippen LogP contribution in [0, 0.1) is 6.92 Å². The molecule has 0 bridgehead atoms. The average molecular weight is 250 g/mol. The summed E-state index contributed by atoms with van der Waals surface area (Å²) in [5.41, 5.74) is 1.83. The van der Waals surface area contributed by atoms with Crippen molar-refractivity contribution >= 4 is 18.3 Å². The first-order valence-corrected chi connectivity index (χ1v) is 5.63.